The molecule has 0 radical (unpaired) electrons. The van der Waals surface area contributed by atoms with E-state index in [0.29, 0.717) is 4.47 Å². The molecule has 1 aromatic carbocycles. The lowest BCUT2D eigenvalue weighted by atomic mass is 10.2. The second kappa shape index (κ2) is 7.39. The van der Waals surface area contributed by atoms with E-state index in [1.807, 2.05) is 0 Å². The average molecular weight is 358 g/mol. The number of halogens is 1. The number of nitro groups is 1. The molecule has 0 aliphatic carbocycles. The highest BCUT2D eigenvalue weighted by atomic mass is 79.9. The maximum Gasteiger partial charge on any atom is 0.326 e. The monoisotopic (exact) mass is 357 g/mol. The molecule has 1 atom stereocenters. The number of amides is 2. The van der Waals surface area contributed by atoms with Crippen molar-refractivity contribution in [3.63, 3.8) is 0 Å². The summed E-state index contributed by atoms with van der Waals surface area (Å²) in [6, 6.07) is 1.95. The lowest BCUT2D eigenvalue weighted by Crippen LogP contribution is -2.42. The summed E-state index contributed by atoms with van der Waals surface area (Å²) in [6.45, 7) is 3.41. The highest BCUT2D eigenvalue weighted by Crippen LogP contribution is 2.26. The molecule has 0 aromatic heterocycles. The molecule has 112 valence electrons. The number of anilines is 1. The van der Waals surface area contributed by atoms with Crippen LogP contribution >= 0.6 is 15.9 Å². The van der Waals surface area contributed by atoms with Crippen LogP contribution in [0.2, 0.25) is 0 Å². The Morgan fingerprint density at radius 1 is 1.52 bits per heavy atom. The lowest BCUT2D eigenvalue weighted by molar-refractivity contribution is -0.384. The molecule has 1 aromatic rings. The number of carboxylic acids is 1. The molecule has 21 heavy (non-hydrogen) atoms. The zero-order valence-corrected chi connectivity index (χ0v) is 12.3. The Morgan fingerprint density at radius 2 is 2.19 bits per heavy atom. The number of carboxylic acid groups (broad SMARTS) is 1. The molecule has 0 bridgehead atoms. The number of nitro benzene ring substituents is 1. The summed E-state index contributed by atoms with van der Waals surface area (Å²) in [5, 5.41) is 24.1. The van der Waals surface area contributed by atoms with Crippen LogP contribution in [0.5, 0.6) is 0 Å². The summed E-state index contributed by atoms with van der Waals surface area (Å²) < 4.78 is 0.308. The maximum absolute atomic E-state index is 11.7. The van der Waals surface area contributed by atoms with Crippen LogP contribution in [0.15, 0.2) is 35.3 Å². The van der Waals surface area contributed by atoms with E-state index in [9.17, 15) is 19.7 Å². The molecular weight excluding hydrogens is 346 g/mol. The fourth-order valence-corrected chi connectivity index (χ4v) is 1.89. The van der Waals surface area contributed by atoms with E-state index in [4.69, 9.17) is 5.11 Å². The quantitative estimate of drug-likeness (QED) is 0.410. The number of benzene rings is 1. The molecule has 0 saturated carbocycles. The van der Waals surface area contributed by atoms with Crippen LogP contribution in [0.4, 0.5) is 16.2 Å². The first-order chi connectivity index (χ1) is 9.85. The minimum Gasteiger partial charge on any atom is -0.480 e. The zero-order valence-electron chi connectivity index (χ0n) is 10.7. The topological polar surface area (TPSA) is 122 Å². The number of hydrogen-bond acceptors (Lipinski definition) is 4. The average Bonchev–Trinajstić information content (AvgIpc) is 2.40. The van der Waals surface area contributed by atoms with E-state index < -0.39 is 23.0 Å². The highest BCUT2D eigenvalue weighted by Gasteiger charge is 2.19. The summed E-state index contributed by atoms with van der Waals surface area (Å²) in [4.78, 5) is 32.6. The summed E-state index contributed by atoms with van der Waals surface area (Å²) in [5.41, 5.74) is 0.142. The number of nitrogens with one attached hydrogen (secondary N) is 2. The Hall–Kier alpha value is -2.42. The molecule has 8 nitrogen and oxygen atoms in total. The largest absolute Gasteiger partial charge is 0.480 e. The second-order valence-corrected chi connectivity index (χ2v) is 4.79. The van der Waals surface area contributed by atoms with Crippen LogP contribution in [-0.2, 0) is 4.79 Å². The third kappa shape index (κ3) is 4.88. The van der Waals surface area contributed by atoms with Crippen molar-refractivity contribution in [2.24, 2.45) is 0 Å². The van der Waals surface area contributed by atoms with Crippen LogP contribution in [0.25, 0.3) is 0 Å². The number of nitrogens with zero attached hydrogens (tertiary/aromatic N) is 1. The lowest BCUT2D eigenvalue weighted by Gasteiger charge is -2.14. The van der Waals surface area contributed by atoms with Crippen molar-refractivity contribution < 1.29 is 19.6 Å². The molecule has 0 heterocycles. The smallest absolute Gasteiger partial charge is 0.326 e. The van der Waals surface area contributed by atoms with Gasteiger partial charge in [0, 0.05) is 16.6 Å². The van der Waals surface area contributed by atoms with Crippen LogP contribution in [0, 0.1) is 10.1 Å². The first-order valence-electron chi connectivity index (χ1n) is 5.70. The molecule has 3 N–H and O–H groups in total. The van der Waals surface area contributed by atoms with Gasteiger partial charge in [0.15, 0.2) is 0 Å². The van der Waals surface area contributed by atoms with E-state index in [-0.39, 0.29) is 17.8 Å². The Labute approximate surface area is 128 Å². The predicted molar refractivity (Wildman–Crippen MR) is 79.2 cm³/mol. The first-order valence-corrected chi connectivity index (χ1v) is 6.49. The molecule has 1 rings (SSSR count). The molecule has 0 spiro atoms. The minimum absolute atomic E-state index is 0.0736. The van der Waals surface area contributed by atoms with Crippen LogP contribution in [0.1, 0.15) is 6.42 Å². The maximum atomic E-state index is 11.7. The Kier molecular flexibility index (Phi) is 5.85. The normalized spacial score (nSPS) is 11.3. The summed E-state index contributed by atoms with van der Waals surface area (Å²) in [6.07, 6.45) is 1.45. The molecule has 2 amide bonds. The van der Waals surface area contributed by atoms with Gasteiger partial charge in [0.25, 0.3) is 5.69 Å². The third-order valence-electron chi connectivity index (χ3n) is 2.42. The van der Waals surface area contributed by atoms with Gasteiger partial charge in [0.2, 0.25) is 0 Å². The van der Waals surface area contributed by atoms with Gasteiger partial charge in [-0.25, -0.2) is 9.59 Å². The number of urea groups is 1. The highest BCUT2D eigenvalue weighted by molar-refractivity contribution is 9.10. The van der Waals surface area contributed by atoms with Crippen molar-refractivity contribution in [1.82, 2.24) is 5.32 Å². The van der Waals surface area contributed by atoms with Gasteiger partial charge in [-0.2, -0.15) is 0 Å². The number of aliphatic carboxylic acids is 1. The number of non-ortho nitro benzene ring substituents is 1. The van der Waals surface area contributed by atoms with Crippen molar-refractivity contribution >= 4 is 39.3 Å². The van der Waals surface area contributed by atoms with Gasteiger partial charge in [0.05, 0.1) is 10.6 Å². The van der Waals surface area contributed by atoms with E-state index in [1.54, 1.807) is 0 Å². The Balaban J connectivity index is 2.76. The fourth-order valence-electron chi connectivity index (χ4n) is 1.42. The van der Waals surface area contributed by atoms with Crippen molar-refractivity contribution in [2.45, 2.75) is 12.5 Å². The number of rotatable bonds is 6. The predicted octanol–water partition coefficient (Wildman–Crippen LogP) is 2.51. The van der Waals surface area contributed by atoms with Gasteiger partial charge in [-0.3, -0.25) is 10.1 Å². The number of hydrogen-bond donors (Lipinski definition) is 3. The van der Waals surface area contributed by atoms with E-state index in [2.05, 4.69) is 33.1 Å². The molecule has 9 heteroatoms. The SMILES string of the molecule is C=CCC(NC(=O)Nc1ccc([N+](=O)[O-])cc1Br)C(=O)O. The standard InChI is InChI=1S/C12H12BrN3O5/c1-2-3-10(11(17)18)15-12(19)14-9-5-4-7(16(20)21)6-8(9)13/h2,4-6,10H,1,3H2,(H,17,18)(H2,14,15,19). The molecule has 0 saturated heterocycles. The Morgan fingerprint density at radius 3 is 2.67 bits per heavy atom. The molecular formula is C12H12BrN3O5. The first kappa shape index (κ1) is 16.6. The van der Waals surface area contributed by atoms with Crippen molar-refractivity contribution in [3.05, 3.63) is 45.4 Å². The van der Waals surface area contributed by atoms with Crippen LogP contribution < -0.4 is 10.6 Å². The van der Waals surface area contributed by atoms with Crippen LogP contribution in [-0.4, -0.2) is 28.1 Å². The van der Waals surface area contributed by atoms with E-state index >= 15 is 0 Å². The molecule has 1 unspecified atom stereocenters. The van der Waals surface area contributed by atoms with Gasteiger partial charge < -0.3 is 15.7 Å². The molecule has 0 aliphatic rings. The van der Waals surface area contributed by atoms with Crippen molar-refractivity contribution in [2.75, 3.05) is 5.32 Å². The summed E-state index contributed by atoms with van der Waals surface area (Å²) in [7, 11) is 0. The minimum atomic E-state index is -1.19. The van der Waals surface area contributed by atoms with Gasteiger partial charge in [0.1, 0.15) is 6.04 Å². The van der Waals surface area contributed by atoms with Gasteiger partial charge in [-0.1, -0.05) is 6.08 Å². The van der Waals surface area contributed by atoms with Gasteiger partial charge in [-0.05, 0) is 28.4 Å². The Bertz CT molecular complexity index is 590. The van der Waals surface area contributed by atoms with Gasteiger partial charge in [-0.15, -0.1) is 6.58 Å². The van der Waals surface area contributed by atoms with Crippen molar-refractivity contribution in [3.8, 4) is 0 Å². The molecule has 0 aliphatic heterocycles. The zero-order chi connectivity index (χ0) is 16.0. The van der Waals surface area contributed by atoms with E-state index in [0.717, 1.165) is 0 Å². The van der Waals surface area contributed by atoms with Crippen LogP contribution in [0.3, 0.4) is 0 Å². The number of carbonyl (C=O) groups is 2. The fraction of sp³-hybridized carbons (Fsp3) is 0.167. The summed E-state index contributed by atoms with van der Waals surface area (Å²) in [5.74, 6) is -1.19. The van der Waals surface area contributed by atoms with Gasteiger partial charge >= 0.3 is 12.0 Å². The van der Waals surface area contributed by atoms with Crippen molar-refractivity contribution in [1.29, 1.82) is 0 Å². The number of carbonyl (C=O) groups excluding carboxylic acids is 1. The van der Waals surface area contributed by atoms with E-state index in [1.165, 1.54) is 24.3 Å². The summed E-state index contributed by atoms with van der Waals surface area (Å²) >= 11 is 3.09. The molecule has 0 fully saturated rings. The second-order valence-electron chi connectivity index (χ2n) is 3.93. The third-order valence-corrected chi connectivity index (χ3v) is 3.07.